The maximum atomic E-state index is 10.1. The van der Waals surface area contributed by atoms with Gasteiger partial charge in [0.05, 0.1) is 6.42 Å². The monoisotopic (exact) mass is 132 g/mol. The van der Waals surface area contributed by atoms with Crippen molar-refractivity contribution in [3.8, 4) is 0 Å². The van der Waals surface area contributed by atoms with Gasteiger partial charge in [-0.05, 0) is 13.8 Å². The van der Waals surface area contributed by atoms with E-state index in [0.717, 1.165) is 0 Å². The largest absolute Gasteiger partial charge is 0.481 e. The normalized spacial score (nSPS) is 11.4. The molecule has 0 heterocycles. The number of nitrogens with one attached hydrogen (secondary N) is 1. The second-order valence-corrected chi connectivity index (χ2v) is 2.60. The lowest BCUT2D eigenvalue weighted by Crippen LogP contribution is -2.45. The topological polar surface area (TPSA) is 75.3 Å². The maximum Gasteiger partial charge on any atom is 0.305 e. The van der Waals surface area contributed by atoms with E-state index in [1.807, 2.05) is 0 Å². The third-order valence-electron chi connectivity index (χ3n) is 0.984. The first kappa shape index (κ1) is 8.39. The minimum Gasteiger partial charge on any atom is -0.481 e. The van der Waals surface area contributed by atoms with Crippen molar-refractivity contribution < 1.29 is 9.90 Å². The SMILES string of the molecule is CC(C)(CC(=O)O)NN. The molecule has 0 amide bonds. The summed E-state index contributed by atoms with van der Waals surface area (Å²) in [6, 6.07) is 0. The Balaban J connectivity index is 3.71. The molecule has 0 aromatic carbocycles. The highest BCUT2D eigenvalue weighted by atomic mass is 16.4. The molecule has 0 atom stereocenters. The number of hydrogen-bond acceptors (Lipinski definition) is 3. The van der Waals surface area contributed by atoms with E-state index in [1.54, 1.807) is 13.8 Å². The highest BCUT2D eigenvalue weighted by molar-refractivity contribution is 5.68. The fourth-order valence-corrected chi connectivity index (χ4v) is 0.429. The van der Waals surface area contributed by atoms with E-state index in [-0.39, 0.29) is 6.42 Å². The second kappa shape index (κ2) is 2.80. The summed E-state index contributed by atoms with van der Waals surface area (Å²) in [5.74, 6) is 4.19. The lowest BCUT2D eigenvalue weighted by Gasteiger charge is -2.20. The van der Waals surface area contributed by atoms with Gasteiger partial charge in [-0.3, -0.25) is 16.1 Å². The van der Waals surface area contributed by atoms with Crippen LogP contribution in [-0.4, -0.2) is 16.6 Å². The highest BCUT2D eigenvalue weighted by Crippen LogP contribution is 2.04. The first-order valence-corrected chi connectivity index (χ1v) is 2.67. The average molecular weight is 132 g/mol. The molecular weight excluding hydrogens is 120 g/mol. The molecule has 0 unspecified atom stereocenters. The van der Waals surface area contributed by atoms with Gasteiger partial charge in [-0.1, -0.05) is 0 Å². The maximum absolute atomic E-state index is 10.1. The van der Waals surface area contributed by atoms with Gasteiger partial charge in [-0.25, -0.2) is 0 Å². The zero-order valence-electron chi connectivity index (χ0n) is 5.64. The van der Waals surface area contributed by atoms with Crippen molar-refractivity contribution in [3.63, 3.8) is 0 Å². The number of hydrazine groups is 1. The van der Waals surface area contributed by atoms with Crippen LogP contribution in [0.15, 0.2) is 0 Å². The van der Waals surface area contributed by atoms with Crippen LogP contribution in [-0.2, 0) is 4.79 Å². The van der Waals surface area contributed by atoms with Gasteiger partial charge in [0.25, 0.3) is 0 Å². The number of carboxylic acid groups (broad SMARTS) is 1. The van der Waals surface area contributed by atoms with Crippen molar-refractivity contribution in [3.05, 3.63) is 0 Å². The van der Waals surface area contributed by atoms with Crippen molar-refractivity contribution in [2.75, 3.05) is 0 Å². The average Bonchev–Trinajstić information content (AvgIpc) is 1.63. The Kier molecular flexibility index (Phi) is 2.61. The molecule has 9 heavy (non-hydrogen) atoms. The van der Waals surface area contributed by atoms with Gasteiger partial charge in [-0.15, -0.1) is 0 Å². The number of aliphatic carboxylic acids is 1. The predicted octanol–water partition coefficient (Wildman–Crippen LogP) is -0.297. The fourth-order valence-electron chi connectivity index (χ4n) is 0.429. The first-order valence-electron chi connectivity index (χ1n) is 2.67. The lowest BCUT2D eigenvalue weighted by molar-refractivity contribution is -0.138. The predicted molar refractivity (Wildman–Crippen MR) is 33.7 cm³/mol. The van der Waals surface area contributed by atoms with Crippen molar-refractivity contribution in [2.45, 2.75) is 25.8 Å². The zero-order valence-corrected chi connectivity index (χ0v) is 5.64. The molecule has 4 heteroatoms. The molecule has 4 nitrogen and oxygen atoms in total. The van der Waals surface area contributed by atoms with Crippen LogP contribution in [0.1, 0.15) is 20.3 Å². The number of carboxylic acids is 1. The summed E-state index contributed by atoms with van der Waals surface area (Å²) < 4.78 is 0. The summed E-state index contributed by atoms with van der Waals surface area (Å²) in [4.78, 5) is 10.1. The minimum atomic E-state index is -0.849. The molecule has 0 spiro atoms. The van der Waals surface area contributed by atoms with Crippen LogP contribution in [0, 0.1) is 0 Å². The standard InChI is InChI=1S/C5H12N2O2/c1-5(2,7-6)3-4(8)9/h7H,3,6H2,1-2H3,(H,8,9). The van der Waals surface area contributed by atoms with Crippen LogP contribution in [0.5, 0.6) is 0 Å². The Hall–Kier alpha value is -0.610. The van der Waals surface area contributed by atoms with Gasteiger partial charge in [-0.2, -0.15) is 0 Å². The van der Waals surface area contributed by atoms with Gasteiger partial charge in [0, 0.05) is 5.54 Å². The quantitative estimate of drug-likeness (QED) is 0.364. The molecule has 4 N–H and O–H groups in total. The van der Waals surface area contributed by atoms with Crippen LogP contribution in [0.2, 0.25) is 0 Å². The number of nitrogens with two attached hydrogens (primary N) is 1. The highest BCUT2D eigenvalue weighted by Gasteiger charge is 2.18. The van der Waals surface area contributed by atoms with E-state index in [4.69, 9.17) is 10.9 Å². The van der Waals surface area contributed by atoms with Gasteiger partial charge in [0.15, 0.2) is 0 Å². The number of rotatable bonds is 3. The van der Waals surface area contributed by atoms with Crippen molar-refractivity contribution in [1.82, 2.24) is 5.43 Å². The molecule has 0 fully saturated rings. The molecule has 0 saturated carbocycles. The summed E-state index contributed by atoms with van der Waals surface area (Å²) in [6.07, 6.45) is 0.0312. The molecule has 0 bridgehead atoms. The Morgan fingerprint density at radius 2 is 2.22 bits per heavy atom. The van der Waals surface area contributed by atoms with E-state index < -0.39 is 11.5 Å². The summed E-state index contributed by atoms with van der Waals surface area (Å²) >= 11 is 0. The third-order valence-corrected chi connectivity index (χ3v) is 0.984. The summed E-state index contributed by atoms with van der Waals surface area (Å²) in [5.41, 5.74) is 1.88. The molecule has 0 aliphatic heterocycles. The van der Waals surface area contributed by atoms with Crippen LogP contribution >= 0.6 is 0 Å². The van der Waals surface area contributed by atoms with Crippen LogP contribution < -0.4 is 11.3 Å². The van der Waals surface area contributed by atoms with E-state index >= 15 is 0 Å². The van der Waals surface area contributed by atoms with Crippen LogP contribution in [0.3, 0.4) is 0 Å². The molecule has 0 aromatic rings. The fraction of sp³-hybridized carbons (Fsp3) is 0.800. The van der Waals surface area contributed by atoms with Crippen molar-refractivity contribution in [1.29, 1.82) is 0 Å². The van der Waals surface area contributed by atoms with Crippen LogP contribution in [0.25, 0.3) is 0 Å². The molecule has 0 rings (SSSR count). The Bertz CT molecular complexity index is 112. The molecule has 0 aromatic heterocycles. The zero-order chi connectivity index (χ0) is 7.49. The van der Waals surface area contributed by atoms with Crippen LogP contribution in [0.4, 0.5) is 0 Å². The molecule has 0 saturated heterocycles. The van der Waals surface area contributed by atoms with E-state index in [0.29, 0.717) is 0 Å². The van der Waals surface area contributed by atoms with E-state index in [9.17, 15) is 4.79 Å². The van der Waals surface area contributed by atoms with E-state index in [1.165, 1.54) is 0 Å². The summed E-state index contributed by atoms with van der Waals surface area (Å²) in [5, 5.41) is 8.28. The number of carbonyl (C=O) groups is 1. The first-order chi connectivity index (χ1) is 3.98. The molecule has 0 aliphatic rings. The van der Waals surface area contributed by atoms with Gasteiger partial charge < -0.3 is 5.11 Å². The smallest absolute Gasteiger partial charge is 0.305 e. The Labute approximate surface area is 54.0 Å². The molecule has 54 valence electrons. The minimum absolute atomic E-state index is 0.0312. The molecular formula is C5H12N2O2. The second-order valence-electron chi connectivity index (χ2n) is 2.60. The molecule has 0 radical (unpaired) electrons. The Morgan fingerprint density at radius 3 is 2.33 bits per heavy atom. The van der Waals surface area contributed by atoms with E-state index in [2.05, 4.69) is 5.43 Å². The van der Waals surface area contributed by atoms with Crippen molar-refractivity contribution >= 4 is 5.97 Å². The Morgan fingerprint density at radius 1 is 1.78 bits per heavy atom. The van der Waals surface area contributed by atoms with Gasteiger partial charge in [0.1, 0.15) is 0 Å². The third kappa shape index (κ3) is 3.93. The van der Waals surface area contributed by atoms with Gasteiger partial charge in [0.2, 0.25) is 0 Å². The summed E-state index contributed by atoms with van der Waals surface area (Å²) in [7, 11) is 0. The molecule has 0 aliphatic carbocycles. The lowest BCUT2D eigenvalue weighted by atomic mass is 10.0. The number of hydrogen-bond donors (Lipinski definition) is 3. The van der Waals surface area contributed by atoms with Gasteiger partial charge >= 0.3 is 5.97 Å². The van der Waals surface area contributed by atoms with Crippen molar-refractivity contribution in [2.24, 2.45) is 5.84 Å². The summed E-state index contributed by atoms with van der Waals surface area (Å²) in [6.45, 7) is 3.45.